The van der Waals surface area contributed by atoms with Crippen molar-refractivity contribution < 1.29 is 23.8 Å². The molecule has 6 nitrogen and oxygen atoms in total. The van der Waals surface area contributed by atoms with E-state index in [1.807, 2.05) is 43.3 Å². The lowest BCUT2D eigenvalue weighted by atomic mass is 10.2. The average molecular weight is 419 g/mol. The van der Waals surface area contributed by atoms with Crippen LogP contribution in [0.5, 0.6) is 11.5 Å². The zero-order chi connectivity index (χ0) is 22.2. The van der Waals surface area contributed by atoms with Crippen molar-refractivity contribution in [3.63, 3.8) is 0 Å². The van der Waals surface area contributed by atoms with Crippen LogP contribution in [-0.2, 0) is 16.1 Å². The number of hydrogen-bond donors (Lipinski definition) is 1. The number of ether oxygens (including phenoxy) is 3. The van der Waals surface area contributed by atoms with Crippen LogP contribution < -0.4 is 14.8 Å². The molecule has 0 spiro atoms. The maximum atomic E-state index is 12.5. The van der Waals surface area contributed by atoms with Crippen LogP contribution in [0.25, 0.3) is 0 Å². The highest BCUT2D eigenvalue weighted by atomic mass is 16.5. The number of benzene rings is 3. The summed E-state index contributed by atoms with van der Waals surface area (Å²) in [5, 5.41) is 2.74. The van der Waals surface area contributed by atoms with Gasteiger partial charge in [0.25, 0.3) is 5.91 Å². The molecule has 3 rings (SSSR count). The van der Waals surface area contributed by atoms with Gasteiger partial charge < -0.3 is 19.5 Å². The van der Waals surface area contributed by atoms with Crippen molar-refractivity contribution in [3.05, 3.63) is 89.5 Å². The highest BCUT2D eigenvalue weighted by Crippen LogP contribution is 2.25. The lowest BCUT2D eigenvalue weighted by Crippen LogP contribution is -2.30. The molecule has 1 atom stereocenters. The summed E-state index contributed by atoms with van der Waals surface area (Å²) in [7, 11) is 1.52. The van der Waals surface area contributed by atoms with Gasteiger partial charge in [-0.25, -0.2) is 4.79 Å². The number of nitrogens with one attached hydrogen (secondary N) is 1. The van der Waals surface area contributed by atoms with Crippen molar-refractivity contribution in [1.82, 2.24) is 0 Å². The third kappa shape index (κ3) is 6.09. The first-order chi connectivity index (χ1) is 15.0. The van der Waals surface area contributed by atoms with Crippen LogP contribution in [0.4, 0.5) is 5.69 Å². The van der Waals surface area contributed by atoms with Crippen molar-refractivity contribution >= 4 is 17.6 Å². The number of methoxy groups -OCH3 is 1. The van der Waals surface area contributed by atoms with E-state index in [1.165, 1.54) is 14.0 Å². The third-order valence-electron chi connectivity index (χ3n) is 4.58. The first kappa shape index (κ1) is 21.9. The largest absolute Gasteiger partial charge is 0.495 e. The quantitative estimate of drug-likeness (QED) is 0.533. The van der Waals surface area contributed by atoms with Gasteiger partial charge in [-0.1, -0.05) is 42.5 Å². The van der Waals surface area contributed by atoms with Gasteiger partial charge in [-0.05, 0) is 55.3 Å². The van der Waals surface area contributed by atoms with E-state index in [0.29, 0.717) is 29.4 Å². The molecule has 0 aromatic heterocycles. The molecule has 0 saturated carbocycles. The Kier molecular flexibility index (Phi) is 7.27. The predicted molar refractivity (Wildman–Crippen MR) is 118 cm³/mol. The van der Waals surface area contributed by atoms with E-state index in [1.54, 1.807) is 36.4 Å². The Morgan fingerprint density at radius 2 is 1.74 bits per heavy atom. The molecule has 0 aliphatic heterocycles. The van der Waals surface area contributed by atoms with Gasteiger partial charge in [-0.15, -0.1) is 0 Å². The van der Waals surface area contributed by atoms with Crippen LogP contribution >= 0.6 is 0 Å². The Hall–Kier alpha value is -3.80. The third-order valence-corrected chi connectivity index (χ3v) is 4.58. The molecular weight excluding hydrogens is 394 g/mol. The Morgan fingerprint density at radius 1 is 0.968 bits per heavy atom. The topological polar surface area (TPSA) is 73.9 Å². The molecule has 160 valence electrons. The minimum absolute atomic E-state index is 0.304. The number of aryl methyl sites for hydroxylation is 1. The second-order valence-electron chi connectivity index (χ2n) is 7.04. The molecule has 0 fully saturated rings. The summed E-state index contributed by atoms with van der Waals surface area (Å²) in [4.78, 5) is 25.0. The van der Waals surface area contributed by atoms with Crippen molar-refractivity contribution in [3.8, 4) is 11.5 Å². The summed E-state index contributed by atoms with van der Waals surface area (Å²) < 4.78 is 16.4. The number of rotatable bonds is 8. The second-order valence-corrected chi connectivity index (χ2v) is 7.04. The first-order valence-corrected chi connectivity index (χ1v) is 9.89. The van der Waals surface area contributed by atoms with E-state index in [9.17, 15) is 9.59 Å². The SMILES string of the molecule is COc1ccc(C)cc1NC(=O)[C@H](C)OC(=O)c1cccc(OCc2ccccc2)c1. The van der Waals surface area contributed by atoms with Crippen molar-refractivity contribution in [2.24, 2.45) is 0 Å². The molecule has 0 aliphatic rings. The van der Waals surface area contributed by atoms with Crippen molar-refractivity contribution in [2.45, 2.75) is 26.6 Å². The zero-order valence-electron chi connectivity index (χ0n) is 17.8. The molecule has 0 heterocycles. The maximum Gasteiger partial charge on any atom is 0.339 e. The zero-order valence-corrected chi connectivity index (χ0v) is 17.8. The molecule has 31 heavy (non-hydrogen) atoms. The summed E-state index contributed by atoms with van der Waals surface area (Å²) in [5.41, 5.74) is 2.81. The number of esters is 1. The molecule has 3 aromatic carbocycles. The molecule has 1 amide bonds. The smallest absolute Gasteiger partial charge is 0.339 e. The van der Waals surface area contributed by atoms with Crippen molar-refractivity contribution in [2.75, 3.05) is 12.4 Å². The number of anilines is 1. The Balaban J connectivity index is 1.60. The molecule has 0 aliphatic carbocycles. The summed E-state index contributed by atoms with van der Waals surface area (Å²) in [6.45, 7) is 3.81. The van der Waals surface area contributed by atoms with Crippen LogP contribution in [-0.4, -0.2) is 25.1 Å². The molecule has 3 aromatic rings. The van der Waals surface area contributed by atoms with E-state index in [2.05, 4.69) is 5.32 Å². The van der Waals surface area contributed by atoms with Gasteiger partial charge in [0, 0.05) is 0 Å². The fourth-order valence-electron chi connectivity index (χ4n) is 2.89. The minimum Gasteiger partial charge on any atom is -0.495 e. The van der Waals surface area contributed by atoms with Gasteiger partial charge in [0.15, 0.2) is 6.10 Å². The van der Waals surface area contributed by atoms with Gasteiger partial charge in [0.1, 0.15) is 18.1 Å². The highest BCUT2D eigenvalue weighted by molar-refractivity contribution is 5.98. The van der Waals surface area contributed by atoms with Crippen LogP contribution in [0, 0.1) is 6.92 Å². The Labute approximate surface area is 181 Å². The lowest BCUT2D eigenvalue weighted by Gasteiger charge is -2.16. The average Bonchev–Trinajstić information content (AvgIpc) is 2.78. The summed E-state index contributed by atoms with van der Waals surface area (Å²) >= 11 is 0. The molecule has 6 heteroatoms. The summed E-state index contributed by atoms with van der Waals surface area (Å²) in [6.07, 6.45) is -0.994. The first-order valence-electron chi connectivity index (χ1n) is 9.89. The standard InChI is InChI=1S/C25H25NO5/c1-17-12-13-23(29-3)22(14-17)26-24(27)18(2)31-25(28)20-10-7-11-21(15-20)30-16-19-8-5-4-6-9-19/h4-15,18H,16H2,1-3H3,(H,26,27)/t18-/m0/s1. The molecule has 0 unspecified atom stereocenters. The van der Waals surface area contributed by atoms with E-state index >= 15 is 0 Å². The van der Waals surface area contributed by atoms with E-state index in [-0.39, 0.29) is 0 Å². The number of amides is 1. The maximum absolute atomic E-state index is 12.5. The van der Waals surface area contributed by atoms with Gasteiger partial charge in [0.2, 0.25) is 0 Å². The van der Waals surface area contributed by atoms with Crippen LogP contribution in [0.1, 0.15) is 28.4 Å². The van der Waals surface area contributed by atoms with E-state index < -0.39 is 18.0 Å². The Morgan fingerprint density at radius 3 is 2.48 bits per heavy atom. The number of carbonyl (C=O) groups is 2. The number of carbonyl (C=O) groups excluding carboxylic acids is 2. The van der Waals surface area contributed by atoms with Crippen molar-refractivity contribution in [1.29, 1.82) is 0 Å². The second kappa shape index (κ2) is 10.3. The van der Waals surface area contributed by atoms with Crippen LogP contribution in [0.15, 0.2) is 72.8 Å². The fraction of sp³-hybridized carbons (Fsp3) is 0.200. The monoisotopic (exact) mass is 419 g/mol. The molecule has 1 N–H and O–H groups in total. The summed E-state index contributed by atoms with van der Waals surface area (Å²) in [5.74, 6) is 0.0124. The fourth-order valence-corrected chi connectivity index (χ4v) is 2.89. The predicted octanol–water partition coefficient (Wildman–Crippen LogP) is 4.77. The molecule has 0 radical (unpaired) electrons. The van der Waals surface area contributed by atoms with E-state index in [0.717, 1.165) is 11.1 Å². The van der Waals surface area contributed by atoms with Gasteiger partial charge in [-0.2, -0.15) is 0 Å². The summed E-state index contributed by atoms with van der Waals surface area (Å²) in [6, 6.07) is 21.9. The van der Waals surface area contributed by atoms with Gasteiger partial charge in [0.05, 0.1) is 18.4 Å². The molecule has 0 bridgehead atoms. The Bertz CT molecular complexity index is 1050. The molecule has 0 saturated heterocycles. The lowest BCUT2D eigenvalue weighted by molar-refractivity contribution is -0.123. The normalized spacial score (nSPS) is 11.3. The van der Waals surface area contributed by atoms with Crippen LogP contribution in [0.2, 0.25) is 0 Å². The van der Waals surface area contributed by atoms with Gasteiger partial charge in [-0.3, -0.25) is 4.79 Å². The van der Waals surface area contributed by atoms with E-state index in [4.69, 9.17) is 14.2 Å². The number of hydrogen-bond acceptors (Lipinski definition) is 5. The van der Waals surface area contributed by atoms with Crippen LogP contribution in [0.3, 0.4) is 0 Å². The highest BCUT2D eigenvalue weighted by Gasteiger charge is 2.20. The molecular formula is C25H25NO5. The minimum atomic E-state index is -0.994. The van der Waals surface area contributed by atoms with Gasteiger partial charge >= 0.3 is 5.97 Å².